The number of hydrogen-bond acceptors (Lipinski definition) is 4. The van der Waals surface area contributed by atoms with Crippen molar-refractivity contribution in [1.29, 1.82) is 0 Å². The van der Waals surface area contributed by atoms with Gasteiger partial charge in [-0.05, 0) is 29.3 Å². The van der Waals surface area contributed by atoms with E-state index in [2.05, 4.69) is 4.98 Å². The van der Waals surface area contributed by atoms with E-state index in [1.54, 1.807) is 6.20 Å². The normalized spacial score (nSPS) is 13.1. The van der Waals surface area contributed by atoms with Crippen LogP contribution in [0.1, 0.15) is 17.0 Å². The predicted molar refractivity (Wildman–Crippen MR) is 85.2 cm³/mol. The summed E-state index contributed by atoms with van der Waals surface area (Å²) in [6, 6.07) is 15.4. The van der Waals surface area contributed by atoms with Gasteiger partial charge >= 0.3 is 6.09 Å². The number of amides is 1. The van der Waals surface area contributed by atoms with E-state index < -0.39 is 6.09 Å². The fourth-order valence-electron chi connectivity index (χ4n) is 2.56. The average molecular weight is 306 g/mol. The fraction of sp³-hybridized carbons (Fsp3) is 0.111. The number of carbonyl (C=O) groups is 1. The van der Waals surface area contributed by atoms with Gasteiger partial charge in [0.15, 0.2) is 12.2 Å². The number of benzene rings is 2. The quantitative estimate of drug-likeness (QED) is 0.719. The Balaban J connectivity index is 1.43. The molecular formula is C18H14N2O3. The molecule has 1 aliphatic heterocycles. The Hall–Kier alpha value is -3.08. The number of oxazole rings is 1. The molecule has 0 saturated carbocycles. The van der Waals surface area contributed by atoms with Gasteiger partial charge in [-0.3, -0.25) is 4.90 Å². The molecule has 114 valence electrons. The molecule has 0 saturated heterocycles. The lowest BCUT2D eigenvalue weighted by atomic mass is 10.1. The predicted octanol–water partition coefficient (Wildman–Crippen LogP) is 3.95. The molecule has 3 aromatic rings. The van der Waals surface area contributed by atoms with Crippen molar-refractivity contribution in [2.24, 2.45) is 0 Å². The first-order valence-corrected chi connectivity index (χ1v) is 7.33. The molecular weight excluding hydrogens is 292 g/mol. The number of nitrogens with zero attached hydrogens (tertiary/aromatic N) is 2. The van der Waals surface area contributed by atoms with Crippen LogP contribution in [0, 0.1) is 0 Å². The topological polar surface area (TPSA) is 55.6 Å². The monoisotopic (exact) mass is 306 g/mol. The third-order valence-electron chi connectivity index (χ3n) is 3.72. The zero-order valence-corrected chi connectivity index (χ0v) is 12.3. The summed E-state index contributed by atoms with van der Waals surface area (Å²) in [5.41, 5.74) is 3.65. The number of carbonyl (C=O) groups excluding carboxylic acids is 1. The van der Waals surface area contributed by atoms with Crippen molar-refractivity contribution in [2.75, 3.05) is 0 Å². The Morgan fingerprint density at radius 3 is 2.91 bits per heavy atom. The van der Waals surface area contributed by atoms with Crippen LogP contribution in [0.2, 0.25) is 0 Å². The van der Waals surface area contributed by atoms with Crippen LogP contribution in [0.5, 0.6) is 0 Å². The third kappa shape index (κ3) is 2.68. The van der Waals surface area contributed by atoms with Crippen LogP contribution < -0.4 is 0 Å². The van der Waals surface area contributed by atoms with Gasteiger partial charge in [0, 0.05) is 6.20 Å². The molecule has 0 N–H and O–H groups in total. The molecule has 23 heavy (non-hydrogen) atoms. The standard InChI is InChI=1S/C18H14N2O3/c21-18(20-10-9-13-5-1-2-6-14(13)11-20)22-12-17-19-15-7-3-4-8-16(15)23-17/h1-10H,11-12H2. The number of ether oxygens (including phenoxy) is 1. The van der Waals surface area contributed by atoms with Gasteiger partial charge in [-0.25, -0.2) is 9.78 Å². The smallest absolute Gasteiger partial charge is 0.414 e. The minimum absolute atomic E-state index is 0.0134. The van der Waals surface area contributed by atoms with Crippen LogP contribution in [0.4, 0.5) is 4.79 Å². The molecule has 0 bridgehead atoms. The molecule has 2 heterocycles. The van der Waals surface area contributed by atoms with Gasteiger partial charge in [0.05, 0.1) is 6.54 Å². The van der Waals surface area contributed by atoms with Crippen molar-refractivity contribution in [1.82, 2.24) is 9.88 Å². The van der Waals surface area contributed by atoms with Gasteiger partial charge in [-0.2, -0.15) is 0 Å². The van der Waals surface area contributed by atoms with Crippen molar-refractivity contribution < 1.29 is 13.9 Å². The van der Waals surface area contributed by atoms with Gasteiger partial charge in [-0.1, -0.05) is 36.4 Å². The largest absolute Gasteiger partial charge is 0.439 e. The van der Waals surface area contributed by atoms with Gasteiger partial charge in [-0.15, -0.1) is 0 Å². The highest BCUT2D eigenvalue weighted by atomic mass is 16.6. The third-order valence-corrected chi connectivity index (χ3v) is 3.72. The van der Waals surface area contributed by atoms with E-state index in [1.807, 2.05) is 54.6 Å². The first kappa shape index (κ1) is 13.6. The molecule has 0 unspecified atom stereocenters. The highest BCUT2D eigenvalue weighted by Gasteiger charge is 2.18. The molecule has 4 rings (SSSR count). The maximum Gasteiger partial charge on any atom is 0.414 e. The Morgan fingerprint density at radius 1 is 1.17 bits per heavy atom. The second-order valence-electron chi connectivity index (χ2n) is 5.27. The highest BCUT2D eigenvalue weighted by molar-refractivity contribution is 5.73. The summed E-state index contributed by atoms with van der Waals surface area (Å²) in [6.45, 7) is 0.512. The second kappa shape index (κ2) is 5.61. The Labute approximate surface area is 132 Å². The molecule has 1 aliphatic rings. The lowest BCUT2D eigenvalue weighted by molar-refractivity contribution is 0.100. The zero-order chi connectivity index (χ0) is 15.6. The van der Waals surface area contributed by atoms with Crippen molar-refractivity contribution in [3.05, 3.63) is 71.7 Å². The van der Waals surface area contributed by atoms with E-state index in [4.69, 9.17) is 9.15 Å². The molecule has 0 radical (unpaired) electrons. The van der Waals surface area contributed by atoms with E-state index in [0.29, 0.717) is 18.0 Å². The molecule has 0 aliphatic carbocycles. The summed E-state index contributed by atoms with van der Waals surface area (Å²) in [6.07, 6.45) is 3.22. The summed E-state index contributed by atoms with van der Waals surface area (Å²) >= 11 is 0. The van der Waals surface area contributed by atoms with Crippen molar-refractivity contribution in [2.45, 2.75) is 13.2 Å². The Bertz CT molecular complexity index is 865. The Morgan fingerprint density at radius 2 is 2.00 bits per heavy atom. The minimum Gasteiger partial charge on any atom is -0.439 e. The first-order valence-electron chi connectivity index (χ1n) is 7.33. The van der Waals surface area contributed by atoms with E-state index in [1.165, 1.54) is 4.90 Å². The Kier molecular flexibility index (Phi) is 3.31. The van der Waals surface area contributed by atoms with Crippen LogP contribution in [-0.2, 0) is 17.9 Å². The zero-order valence-electron chi connectivity index (χ0n) is 12.3. The van der Waals surface area contributed by atoms with Crippen LogP contribution in [-0.4, -0.2) is 16.0 Å². The van der Waals surface area contributed by atoms with Crippen molar-refractivity contribution >= 4 is 23.3 Å². The second-order valence-corrected chi connectivity index (χ2v) is 5.27. The van der Waals surface area contributed by atoms with Gasteiger partial charge < -0.3 is 9.15 Å². The summed E-state index contributed by atoms with van der Waals surface area (Å²) in [4.78, 5) is 18.0. The van der Waals surface area contributed by atoms with Crippen molar-refractivity contribution in [3.8, 4) is 0 Å². The van der Waals surface area contributed by atoms with Crippen LogP contribution >= 0.6 is 0 Å². The average Bonchev–Trinajstić information content (AvgIpc) is 3.02. The van der Waals surface area contributed by atoms with E-state index in [0.717, 1.165) is 16.6 Å². The van der Waals surface area contributed by atoms with E-state index >= 15 is 0 Å². The fourth-order valence-corrected chi connectivity index (χ4v) is 2.56. The highest BCUT2D eigenvalue weighted by Crippen LogP contribution is 2.20. The molecule has 5 nitrogen and oxygen atoms in total. The molecule has 0 fully saturated rings. The summed E-state index contributed by atoms with van der Waals surface area (Å²) in [5.74, 6) is 0.390. The molecule has 0 atom stereocenters. The summed E-state index contributed by atoms with van der Waals surface area (Å²) < 4.78 is 10.8. The van der Waals surface area contributed by atoms with Gasteiger partial charge in [0.1, 0.15) is 5.52 Å². The molecule has 2 aromatic carbocycles. The SMILES string of the molecule is O=C(OCc1nc2ccccc2o1)N1C=Cc2ccccc2C1. The lowest BCUT2D eigenvalue weighted by Gasteiger charge is -2.22. The summed E-state index contributed by atoms with van der Waals surface area (Å²) in [7, 11) is 0. The molecule has 1 amide bonds. The van der Waals surface area contributed by atoms with Gasteiger partial charge in [0.2, 0.25) is 5.89 Å². The van der Waals surface area contributed by atoms with Crippen molar-refractivity contribution in [3.63, 3.8) is 0 Å². The summed E-state index contributed by atoms with van der Waals surface area (Å²) in [5, 5.41) is 0. The minimum atomic E-state index is -0.419. The number of rotatable bonds is 2. The molecule has 5 heteroatoms. The van der Waals surface area contributed by atoms with E-state index in [9.17, 15) is 4.79 Å². The van der Waals surface area contributed by atoms with Crippen LogP contribution in [0.15, 0.2) is 59.1 Å². The molecule has 0 spiro atoms. The number of para-hydroxylation sites is 2. The van der Waals surface area contributed by atoms with Crippen LogP contribution in [0.25, 0.3) is 17.2 Å². The maximum atomic E-state index is 12.2. The molecule has 1 aromatic heterocycles. The number of hydrogen-bond donors (Lipinski definition) is 0. The maximum absolute atomic E-state index is 12.2. The van der Waals surface area contributed by atoms with E-state index in [-0.39, 0.29) is 6.61 Å². The lowest BCUT2D eigenvalue weighted by Crippen LogP contribution is -2.28. The van der Waals surface area contributed by atoms with Crippen LogP contribution in [0.3, 0.4) is 0 Å². The first-order chi connectivity index (χ1) is 11.3. The number of fused-ring (bicyclic) bond motifs is 2. The number of aromatic nitrogens is 1. The van der Waals surface area contributed by atoms with Gasteiger partial charge in [0.25, 0.3) is 0 Å².